The van der Waals surface area contributed by atoms with Crippen molar-refractivity contribution in [3.05, 3.63) is 42.5 Å². The molecule has 1 heterocycles. The Morgan fingerprint density at radius 2 is 1.97 bits per heavy atom. The number of para-hydroxylation sites is 2. The van der Waals surface area contributed by atoms with Crippen LogP contribution in [0.15, 0.2) is 52.5 Å². The maximum Gasteiger partial charge on any atom is 0.305 e. The quantitative estimate of drug-likeness (QED) is 0.216. The average Bonchev–Trinajstić information content (AvgIpc) is 3.15. The topological polar surface area (TPSA) is 157 Å². The highest BCUT2D eigenvalue weighted by Crippen LogP contribution is 2.30. The average molecular weight is 549 g/mol. The number of nitrogens with one attached hydrogen (secondary N) is 2. The number of rotatable bonds is 13. The van der Waals surface area contributed by atoms with Gasteiger partial charge in [0.2, 0.25) is 15.9 Å². The number of aliphatic carboxylic acids is 1. The molecule has 198 valence electrons. The number of carbonyl (C=O) groups is 3. The molecule has 0 bridgehead atoms. The monoisotopic (exact) mass is 548 g/mol. The Hall–Kier alpha value is -3.42. The van der Waals surface area contributed by atoms with Crippen LogP contribution in [0.2, 0.25) is 0 Å². The Morgan fingerprint density at radius 3 is 2.62 bits per heavy atom. The summed E-state index contributed by atoms with van der Waals surface area (Å²) < 4.78 is 36.4. The van der Waals surface area contributed by atoms with E-state index in [-0.39, 0.29) is 22.8 Å². The Balaban J connectivity index is 1.95. The van der Waals surface area contributed by atoms with Crippen LogP contribution in [0.1, 0.15) is 27.2 Å². The summed E-state index contributed by atoms with van der Waals surface area (Å²) in [6.07, 6.45) is -1.04. The smallest absolute Gasteiger partial charge is 0.305 e. The van der Waals surface area contributed by atoms with E-state index >= 15 is 0 Å². The van der Waals surface area contributed by atoms with E-state index < -0.39 is 34.6 Å². The molecule has 11 nitrogen and oxygen atoms in total. The van der Waals surface area contributed by atoms with Crippen molar-refractivity contribution in [3.63, 3.8) is 0 Å². The maximum atomic E-state index is 13.1. The Morgan fingerprint density at radius 1 is 1.24 bits per heavy atom. The maximum absolute atomic E-state index is 13.1. The lowest BCUT2D eigenvalue weighted by atomic mass is 10.2. The molecule has 0 aliphatic rings. The molecule has 1 aromatic heterocycles. The molecule has 2 atom stereocenters. The number of ether oxygens (including phenoxy) is 1. The van der Waals surface area contributed by atoms with Crippen molar-refractivity contribution < 1.29 is 32.6 Å². The lowest BCUT2D eigenvalue weighted by molar-refractivity contribution is -0.138. The van der Waals surface area contributed by atoms with Crippen molar-refractivity contribution in [1.29, 1.82) is 0 Å². The van der Waals surface area contributed by atoms with Gasteiger partial charge in [-0.05, 0) is 36.9 Å². The summed E-state index contributed by atoms with van der Waals surface area (Å²) >= 11 is 1.57. The largest absolute Gasteiger partial charge is 0.487 e. The highest BCUT2D eigenvalue weighted by Gasteiger charge is 2.26. The van der Waals surface area contributed by atoms with Crippen LogP contribution in [0.4, 0.5) is 5.69 Å². The van der Waals surface area contributed by atoms with E-state index in [4.69, 9.17) is 9.84 Å². The Kier molecular flexibility index (Phi) is 9.29. The van der Waals surface area contributed by atoms with Gasteiger partial charge in [0.15, 0.2) is 5.16 Å². The predicted octanol–water partition coefficient (Wildman–Crippen LogP) is 2.89. The molecule has 0 radical (unpaired) electrons. The number of hydrogen-bond donors (Lipinski definition) is 3. The number of thioether (sulfide) groups is 1. The van der Waals surface area contributed by atoms with Gasteiger partial charge >= 0.3 is 5.97 Å². The van der Waals surface area contributed by atoms with Gasteiger partial charge < -0.3 is 24.5 Å². The minimum atomic E-state index is -4.36. The van der Waals surface area contributed by atoms with E-state index in [1.165, 1.54) is 25.1 Å². The first-order valence-electron chi connectivity index (χ1n) is 11.4. The fraction of sp³-hybridized carbons (Fsp3) is 0.333. The summed E-state index contributed by atoms with van der Waals surface area (Å²) in [6.45, 7) is 5.44. The zero-order valence-electron chi connectivity index (χ0n) is 20.5. The van der Waals surface area contributed by atoms with E-state index in [9.17, 15) is 22.8 Å². The van der Waals surface area contributed by atoms with Crippen molar-refractivity contribution in [2.24, 2.45) is 0 Å². The van der Waals surface area contributed by atoms with Crippen LogP contribution in [-0.4, -0.2) is 59.1 Å². The number of benzene rings is 2. The highest BCUT2D eigenvalue weighted by atomic mass is 32.2. The summed E-state index contributed by atoms with van der Waals surface area (Å²) in [5.74, 6) is -0.958. The molecule has 1 unspecified atom stereocenters. The van der Waals surface area contributed by atoms with E-state index in [1.807, 2.05) is 35.8 Å². The van der Waals surface area contributed by atoms with Crippen molar-refractivity contribution in [2.75, 3.05) is 11.1 Å². The first-order chi connectivity index (χ1) is 17.5. The summed E-state index contributed by atoms with van der Waals surface area (Å²) in [5.41, 5.74) is 2.03. The Labute approximate surface area is 218 Å². The molecule has 0 spiro atoms. The predicted molar refractivity (Wildman–Crippen MR) is 139 cm³/mol. The van der Waals surface area contributed by atoms with Crippen molar-refractivity contribution >= 4 is 56.7 Å². The molecule has 0 aliphatic heterocycles. The number of hydrogen-bond acceptors (Lipinski definition) is 8. The second-order valence-corrected chi connectivity index (χ2v) is 11.1. The lowest BCUT2D eigenvalue weighted by Crippen LogP contribution is -2.37. The SMILES string of the molecule is CCSc1nc2ccccc2n1C[C@@H](C)Oc1cc(NC(C)=O)ccc1S(=O)(=O)NC(C=O)CC(=O)O. The van der Waals surface area contributed by atoms with Crippen LogP contribution in [0, 0.1) is 0 Å². The standard InChI is InChI=1S/C24H28N4O7S2/c1-4-36-24-26-19-7-5-6-8-20(19)28(24)13-15(2)35-21-11-17(25-16(3)30)9-10-22(21)37(33,34)27-18(14-29)12-23(31)32/h5-11,14-15,18,27H,4,12-13H2,1-3H3,(H,25,30)(H,31,32)/t15-,18?/m1/s1. The molecule has 13 heteroatoms. The number of amides is 1. The lowest BCUT2D eigenvalue weighted by Gasteiger charge is -2.21. The van der Waals surface area contributed by atoms with E-state index in [0.29, 0.717) is 12.2 Å². The number of fused-ring (bicyclic) bond motifs is 1. The number of nitrogens with zero attached hydrogens (tertiary/aromatic N) is 2. The van der Waals surface area contributed by atoms with Crippen molar-refractivity contribution in [3.8, 4) is 5.75 Å². The van der Waals surface area contributed by atoms with Crippen LogP contribution in [0.5, 0.6) is 5.75 Å². The first-order valence-corrected chi connectivity index (χ1v) is 13.9. The molecule has 1 amide bonds. The molecule has 0 saturated heterocycles. The molecule has 37 heavy (non-hydrogen) atoms. The van der Waals surface area contributed by atoms with Gasteiger partial charge in [0.1, 0.15) is 23.0 Å². The summed E-state index contributed by atoms with van der Waals surface area (Å²) in [4.78, 5) is 38.2. The van der Waals surface area contributed by atoms with Gasteiger partial charge in [-0.2, -0.15) is 0 Å². The normalized spacial score (nSPS) is 13.2. The molecule has 2 aromatic carbocycles. The third-order valence-corrected chi connectivity index (χ3v) is 7.47. The molecule has 3 N–H and O–H groups in total. The van der Waals surface area contributed by atoms with Gasteiger partial charge in [0, 0.05) is 18.7 Å². The van der Waals surface area contributed by atoms with Crippen molar-refractivity contribution in [1.82, 2.24) is 14.3 Å². The second-order valence-electron chi connectivity index (χ2n) is 8.16. The Bertz CT molecular complexity index is 1410. The van der Waals surface area contributed by atoms with Gasteiger partial charge in [0.25, 0.3) is 0 Å². The third kappa shape index (κ3) is 7.31. The van der Waals surface area contributed by atoms with Gasteiger partial charge in [0.05, 0.1) is 30.0 Å². The van der Waals surface area contributed by atoms with E-state index in [0.717, 1.165) is 21.9 Å². The van der Waals surface area contributed by atoms with Crippen molar-refractivity contribution in [2.45, 2.75) is 55.9 Å². The van der Waals surface area contributed by atoms with Gasteiger partial charge in [-0.1, -0.05) is 30.8 Å². The number of anilines is 1. The summed E-state index contributed by atoms with van der Waals surface area (Å²) in [5, 5.41) is 12.3. The molecule has 0 fully saturated rings. The highest BCUT2D eigenvalue weighted by molar-refractivity contribution is 7.99. The molecular weight excluding hydrogens is 520 g/mol. The minimum Gasteiger partial charge on any atom is -0.487 e. The van der Waals surface area contributed by atoms with E-state index in [2.05, 4.69) is 15.0 Å². The zero-order chi connectivity index (χ0) is 27.2. The molecule has 0 aliphatic carbocycles. The summed E-state index contributed by atoms with van der Waals surface area (Å²) in [7, 11) is -4.36. The van der Waals surface area contributed by atoms with E-state index in [1.54, 1.807) is 18.7 Å². The molecule has 3 rings (SSSR count). The van der Waals surface area contributed by atoms with Crippen LogP contribution in [0.25, 0.3) is 11.0 Å². The van der Waals surface area contributed by atoms with Crippen LogP contribution in [-0.2, 0) is 31.0 Å². The fourth-order valence-corrected chi connectivity index (χ4v) is 5.69. The second kappa shape index (κ2) is 12.2. The van der Waals surface area contributed by atoms with Gasteiger partial charge in [-0.25, -0.2) is 18.1 Å². The fourth-order valence-electron chi connectivity index (χ4n) is 3.65. The number of carbonyl (C=O) groups excluding carboxylic acids is 2. The number of carboxylic acids is 1. The first kappa shape index (κ1) is 28.2. The van der Waals surface area contributed by atoms with Gasteiger partial charge in [-0.15, -0.1) is 0 Å². The number of aromatic nitrogens is 2. The number of sulfonamides is 1. The minimum absolute atomic E-state index is 0.0691. The van der Waals surface area contributed by atoms with Gasteiger partial charge in [-0.3, -0.25) is 9.59 Å². The molecule has 3 aromatic rings. The third-order valence-electron chi connectivity index (χ3n) is 5.08. The zero-order valence-corrected chi connectivity index (χ0v) is 22.1. The van der Waals surface area contributed by atoms with Crippen LogP contribution >= 0.6 is 11.8 Å². The number of imidazole rings is 1. The molecular formula is C24H28N4O7S2. The van der Waals surface area contributed by atoms with Crippen LogP contribution in [0.3, 0.4) is 0 Å². The summed E-state index contributed by atoms with van der Waals surface area (Å²) in [6, 6.07) is 10.2. The number of aldehydes is 1. The van der Waals surface area contributed by atoms with Crippen LogP contribution < -0.4 is 14.8 Å². The molecule has 0 saturated carbocycles. The number of carboxylic acid groups (broad SMARTS) is 1.